The van der Waals surface area contributed by atoms with Crippen LogP contribution in [0.3, 0.4) is 0 Å². The molecular weight excluding hydrogens is 484 g/mol. The Morgan fingerprint density at radius 1 is 1.34 bits per heavy atom. The third-order valence-electron chi connectivity index (χ3n) is 4.94. The van der Waals surface area contributed by atoms with Crippen LogP contribution in [0.1, 0.15) is 11.9 Å². The maximum Gasteiger partial charge on any atom is 0.313 e. The molecule has 170 valence electrons. The van der Waals surface area contributed by atoms with Crippen molar-refractivity contribution in [3.8, 4) is 0 Å². The Balaban J connectivity index is 1.46. The van der Waals surface area contributed by atoms with Gasteiger partial charge in [0, 0.05) is 25.0 Å². The van der Waals surface area contributed by atoms with Gasteiger partial charge in [0.2, 0.25) is 5.91 Å². The molecule has 0 bridgehead atoms. The molecule has 2 aromatic heterocycles. The molecule has 3 atom stereocenters. The largest absolute Gasteiger partial charge is 0.481 e. The normalized spacial score (nSPS) is 24.5. The highest BCUT2D eigenvalue weighted by molar-refractivity contribution is 8.01. The number of nitrogens with zero attached hydrogens (tertiary/aromatic N) is 8. The Bertz CT molecular complexity index is 1060. The molecule has 32 heavy (non-hydrogen) atoms. The number of carboxylic acid groups (broad SMARTS) is 2. The minimum atomic E-state index is -1.24. The van der Waals surface area contributed by atoms with Crippen molar-refractivity contribution in [1.82, 2.24) is 35.4 Å². The SMILES string of the molecule is CC(=O)N(C1C(=O)N2CC(CSc3nnc(CC(=O)O)s3)(C(=O)O)CS[C@H]12)n1cnnn1. The van der Waals surface area contributed by atoms with E-state index in [1.807, 2.05) is 0 Å². The standard InChI is InChI=1S/C15H16N8O6S3/c1-7(24)23(22-6-16-19-20-22)10-11(27)21-3-15(13(28)29,4-30-12(10)21)5-31-14-18-17-8(32-14)2-9(25)26/h6,10,12H,2-5H2,1H3,(H,25,26)(H,28,29)/t10?,12-,15?/m1/s1. The van der Waals surface area contributed by atoms with Gasteiger partial charge in [-0.2, -0.15) is 0 Å². The molecule has 0 saturated carbocycles. The molecule has 2 amide bonds. The minimum Gasteiger partial charge on any atom is -0.481 e. The second-order valence-electron chi connectivity index (χ2n) is 7.11. The number of amides is 2. The van der Waals surface area contributed by atoms with E-state index in [-0.39, 0.29) is 30.4 Å². The van der Waals surface area contributed by atoms with Crippen molar-refractivity contribution in [2.75, 3.05) is 23.1 Å². The van der Waals surface area contributed by atoms with Gasteiger partial charge in [-0.1, -0.05) is 23.1 Å². The molecular formula is C15H16N8O6S3. The van der Waals surface area contributed by atoms with Crippen LogP contribution in [-0.2, 0) is 25.6 Å². The number of aliphatic carboxylic acids is 2. The van der Waals surface area contributed by atoms with Gasteiger partial charge in [-0.3, -0.25) is 19.2 Å². The Kier molecular flexibility index (Phi) is 6.04. The van der Waals surface area contributed by atoms with Crippen LogP contribution in [0.5, 0.6) is 0 Å². The Hall–Kier alpha value is -2.79. The van der Waals surface area contributed by atoms with Gasteiger partial charge < -0.3 is 15.1 Å². The average Bonchev–Trinajstić information content (AvgIpc) is 3.41. The van der Waals surface area contributed by atoms with E-state index in [1.54, 1.807) is 0 Å². The average molecular weight is 501 g/mol. The zero-order valence-corrected chi connectivity index (χ0v) is 18.8. The highest BCUT2D eigenvalue weighted by atomic mass is 32.2. The molecule has 0 spiro atoms. The summed E-state index contributed by atoms with van der Waals surface area (Å²) in [6.45, 7) is 1.27. The number of carbonyl (C=O) groups excluding carboxylic acids is 2. The van der Waals surface area contributed by atoms with Gasteiger partial charge in [0.15, 0.2) is 16.7 Å². The van der Waals surface area contributed by atoms with E-state index in [1.165, 1.54) is 41.7 Å². The molecule has 2 aliphatic rings. The summed E-state index contributed by atoms with van der Waals surface area (Å²) in [6, 6.07) is -0.831. The molecule has 4 heterocycles. The number of carboxylic acids is 2. The number of hydrogen-bond donors (Lipinski definition) is 2. The van der Waals surface area contributed by atoms with E-state index < -0.39 is 34.7 Å². The predicted molar refractivity (Wildman–Crippen MR) is 111 cm³/mol. The number of aromatic nitrogens is 6. The lowest BCUT2D eigenvalue weighted by molar-refractivity contribution is -0.157. The number of fused-ring (bicyclic) bond motifs is 1. The molecule has 14 nitrogen and oxygen atoms in total. The van der Waals surface area contributed by atoms with Crippen LogP contribution in [0.15, 0.2) is 10.7 Å². The fourth-order valence-corrected chi connectivity index (χ4v) is 7.18. The van der Waals surface area contributed by atoms with Gasteiger partial charge in [0.05, 0.1) is 6.42 Å². The summed E-state index contributed by atoms with van der Waals surface area (Å²) in [5.74, 6) is -2.55. The number of carbonyl (C=O) groups is 4. The first kappa shape index (κ1) is 22.4. The lowest BCUT2D eigenvalue weighted by atomic mass is 9.89. The van der Waals surface area contributed by atoms with Crippen LogP contribution in [-0.4, -0.2) is 98.8 Å². The first-order valence-electron chi connectivity index (χ1n) is 9.07. The van der Waals surface area contributed by atoms with Crippen molar-refractivity contribution in [1.29, 1.82) is 0 Å². The predicted octanol–water partition coefficient (Wildman–Crippen LogP) is -1.22. The van der Waals surface area contributed by atoms with E-state index in [2.05, 4.69) is 25.7 Å². The van der Waals surface area contributed by atoms with E-state index in [0.29, 0.717) is 9.35 Å². The van der Waals surface area contributed by atoms with Crippen molar-refractivity contribution in [2.45, 2.75) is 29.1 Å². The molecule has 0 radical (unpaired) electrons. The number of rotatable bonds is 8. The molecule has 2 N–H and O–H groups in total. The quantitative estimate of drug-likeness (QED) is 0.325. The zero-order valence-electron chi connectivity index (χ0n) is 16.4. The molecule has 2 saturated heterocycles. The van der Waals surface area contributed by atoms with E-state index in [4.69, 9.17) is 5.11 Å². The van der Waals surface area contributed by atoms with Crippen molar-refractivity contribution >= 4 is 58.6 Å². The molecule has 2 unspecified atom stereocenters. The Morgan fingerprint density at radius 2 is 2.12 bits per heavy atom. The fourth-order valence-electron chi connectivity index (χ4n) is 3.40. The second-order valence-corrected chi connectivity index (χ2v) is 10.5. The summed E-state index contributed by atoms with van der Waals surface area (Å²) >= 11 is 3.54. The fraction of sp³-hybridized carbons (Fsp3) is 0.533. The summed E-state index contributed by atoms with van der Waals surface area (Å²) in [5.41, 5.74) is -1.24. The molecule has 2 aliphatic heterocycles. The summed E-state index contributed by atoms with van der Waals surface area (Å²) in [5, 5.41) is 38.2. The number of tetrazole rings is 1. The summed E-state index contributed by atoms with van der Waals surface area (Å²) < 4.78 is 0.461. The molecule has 2 fully saturated rings. The first-order valence-corrected chi connectivity index (χ1v) is 11.9. The smallest absolute Gasteiger partial charge is 0.313 e. The summed E-state index contributed by atoms with van der Waals surface area (Å²) in [4.78, 5) is 50.5. The lowest BCUT2D eigenvalue weighted by Gasteiger charge is -2.55. The number of β-lactam (4-membered cyclic amide) rings is 1. The third kappa shape index (κ3) is 4.02. The highest BCUT2D eigenvalue weighted by Gasteiger charge is 2.60. The number of hydrogen-bond acceptors (Lipinski definition) is 12. The molecule has 4 rings (SSSR count). The van der Waals surface area contributed by atoms with Crippen molar-refractivity contribution < 1.29 is 29.4 Å². The molecule has 17 heteroatoms. The number of thioether (sulfide) groups is 2. The molecule has 0 aliphatic carbocycles. The van der Waals surface area contributed by atoms with Crippen LogP contribution in [0.25, 0.3) is 0 Å². The van der Waals surface area contributed by atoms with Crippen molar-refractivity contribution in [3.05, 3.63) is 11.3 Å². The van der Waals surface area contributed by atoms with Crippen molar-refractivity contribution in [2.24, 2.45) is 5.41 Å². The third-order valence-corrected chi connectivity index (χ3v) is 8.86. The van der Waals surface area contributed by atoms with Gasteiger partial charge >= 0.3 is 11.9 Å². The van der Waals surface area contributed by atoms with Gasteiger partial charge in [-0.25, -0.2) is 5.01 Å². The maximum absolute atomic E-state index is 12.9. The van der Waals surface area contributed by atoms with Gasteiger partial charge in [0.1, 0.15) is 15.8 Å². The van der Waals surface area contributed by atoms with Crippen LogP contribution < -0.4 is 5.01 Å². The van der Waals surface area contributed by atoms with Crippen LogP contribution in [0.2, 0.25) is 0 Å². The van der Waals surface area contributed by atoms with Crippen LogP contribution >= 0.6 is 34.9 Å². The Morgan fingerprint density at radius 3 is 2.75 bits per heavy atom. The topological polar surface area (TPSA) is 185 Å². The lowest BCUT2D eigenvalue weighted by Crippen LogP contribution is -2.76. The van der Waals surface area contributed by atoms with E-state index in [0.717, 1.165) is 21.1 Å². The first-order chi connectivity index (χ1) is 15.2. The van der Waals surface area contributed by atoms with Crippen LogP contribution in [0, 0.1) is 5.41 Å². The zero-order chi connectivity index (χ0) is 23.0. The van der Waals surface area contributed by atoms with E-state index in [9.17, 15) is 24.3 Å². The maximum atomic E-state index is 12.9. The Labute approximate surface area is 192 Å². The molecule has 2 aromatic rings. The van der Waals surface area contributed by atoms with E-state index >= 15 is 0 Å². The monoisotopic (exact) mass is 500 g/mol. The van der Waals surface area contributed by atoms with Gasteiger partial charge in [0.25, 0.3) is 5.91 Å². The molecule has 0 aromatic carbocycles. The van der Waals surface area contributed by atoms with Crippen LogP contribution in [0.4, 0.5) is 0 Å². The summed E-state index contributed by atoms with van der Waals surface area (Å²) in [6.07, 6.45) is 0.959. The van der Waals surface area contributed by atoms with Crippen molar-refractivity contribution in [3.63, 3.8) is 0 Å². The highest BCUT2D eigenvalue weighted by Crippen LogP contribution is 2.45. The second kappa shape index (κ2) is 8.62. The van der Waals surface area contributed by atoms with Gasteiger partial charge in [-0.05, 0) is 10.4 Å². The summed E-state index contributed by atoms with van der Waals surface area (Å²) in [7, 11) is 0. The van der Waals surface area contributed by atoms with Gasteiger partial charge in [-0.15, -0.1) is 31.8 Å². The minimum absolute atomic E-state index is 0.0233.